The number of rotatable bonds is 8. The number of nitrogens with one attached hydrogen (secondary N) is 1. The van der Waals surface area contributed by atoms with Gasteiger partial charge < -0.3 is 15.8 Å². The Hall–Kier alpha value is -3.88. The molecule has 46 heavy (non-hydrogen) atoms. The zero-order valence-electron chi connectivity index (χ0n) is 27.3. The molecule has 1 aliphatic carbocycles. The van der Waals surface area contributed by atoms with Crippen LogP contribution in [0, 0.1) is 63.6 Å². The Morgan fingerprint density at radius 1 is 1.04 bits per heavy atom. The molecule has 1 fully saturated rings. The third-order valence-corrected chi connectivity index (χ3v) is 8.08. The lowest BCUT2D eigenvalue weighted by molar-refractivity contribution is 0.418. The van der Waals surface area contributed by atoms with Gasteiger partial charge in [0, 0.05) is 28.6 Å². The van der Waals surface area contributed by atoms with E-state index in [9.17, 15) is 8.78 Å². The monoisotopic (exact) mass is 666 g/mol. The van der Waals surface area contributed by atoms with Crippen molar-refractivity contribution in [2.24, 2.45) is 11.7 Å². The lowest BCUT2D eigenvalue weighted by Gasteiger charge is -2.20. The largest absolute Gasteiger partial charge is 0.494 e. The van der Waals surface area contributed by atoms with Crippen LogP contribution in [0.4, 0.5) is 8.78 Å². The van der Waals surface area contributed by atoms with Gasteiger partial charge in [0.2, 0.25) is 0 Å². The van der Waals surface area contributed by atoms with Crippen LogP contribution < -0.4 is 15.8 Å². The number of hydrogen-bond acceptors (Lipinski definition) is 5. The Morgan fingerprint density at radius 3 is 2.17 bits per heavy atom. The van der Waals surface area contributed by atoms with E-state index in [4.69, 9.17) is 32.9 Å². The van der Waals surface area contributed by atoms with Gasteiger partial charge >= 0.3 is 0 Å². The van der Waals surface area contributed by atoms with E-state index in [-0.39, 0.29) is 16.5 Å². The van der Waals surface area contributed by atoms with Gasteiger partial charge in [0.05, 0.1) is 29.1 Å². The van der Waals surface area contributed by atoms with Crippen molar-refractivity contribution in [2.45, 2.75) is 59.3 Å². The molecule has 5 rings (SSSR count). The summed E-state index contributed by atoms with van der Waals surface area (Å²) in [6, 6.07) is 12.1. The number of terminal acetylenes is 2. The SMILES string of the molecule is C#C.C#CN.CCCc1c(C)cc(C(CNC)C2CC2)nc1-c1c(F)cc(Cl)cc1F.COc1cc(C)cc2cc(Cl)c(C)nc12. The van der Waals surface area contributed by atoms with E-state index in [1.165, 1.54) is 12.8 Å². The van der Waals surface area contributed by atoms with Crippen molar-refractivity contribution in [1.82, 2.24) is 15.3 Å². The molecule has 0 spiro atoms. The lowest BCUT2D eigenvalue weighted by Crippen LogP contribution is -2.20. The molecule has 0 amide bonds. The molecule has 0 saturated heterocycles. The van der Waals surface area contributed by atoms with Crippen molar-refractivity contribution in [3.8, 4) is 42.3 Å². The fourth-order valence-electron chi connectivity index (χ4n) is 5.31. The molecule has 0 radical (unpaired) electrons. The highest BCUT2D eigenvalue weighted by molar-refractivity contribution is 6.32. The zero-order valence-corrected chi connectivity index (χ0v) is 28.8. The van der Waals surface area contributed by atoms with E-state index in [1.807, 2.05) is 40.0 Å². The molecule has 2 aromatic heterocycles. The van der Waals surface area contributed by atoms with Gasteiger partial charge in [-0.3, -0.25) is 4.98 Å². The molecule has 2 aromatic carbocycles. The molecule has 1 unspecified atom stereocenters. The first-order valence-corrected chi connectivity index (χ1v) is 15.7. The van der Waals surface area contributed by atoms with E-state index in [0.717, 1.165) is 76.2 Å². The summed E-state index contributed by atoms with van der Waals surface area (Å²) in [4.78, 5) is 9.22. The molecule has 2 heterocycles. The number of fused-ring (bicyclic) bond motifs is 1. The number of likely N-dealkylation sites (N-methyl/N-ethyl adjacent to an activating group) is 1. The minimum atomic E-state index is -0.659. The average molecular weight is 668 g/mol. The molecule has 0 bridgehead atoms. The number of halogens is 4. The van der Waals surface area contributed by atoms with Crippen LogP contribution in [0.2, 0.25) is 10.0 Å². The Morgan fingerprint density at radius 2 is 1.65 bits per heavy atom. The van der Waals surface area contributed by atoms with E-state index in [1.54, 1.807) is 13.2 Å². The van der Waals surface area contributed by atoms with Gasteiger partial charge in [-0.2, -0.15) is 0 Å². The summed E-state index contributed by atoms with van der Waals surface area (Å²) in [5.74, 6) is 0.344. The highest BCUT2D eigenvalue weighted by Crippen LogP contribution is 2.43. The number of aromatic nitrogens is 2. The third kappa shape index (κ3) is 9.81. The molecular weight excluding hydrogens is 625 g/mol. The molecule has 0 aliphatic heterocycles. The summed E-state index contributed by atoms with van der Waals surface area (Å²) in [6.45, 7) is 8.79. The van der Waals surface area contributed by atoms with Crippen LogP contribution in [0.5, 0.6) is 5.75 Å². The van der Waals surface area contributed by atoms with Crippen molar-refractivity contribution < 1.29 is 13.5 Å². The fraction of sp³-hybridized carbons (Fsp3) is 0.351. The Balaban J connectivity index is 0.000000311. The van der Waals surface area contributed by atoms with Gasteiger partial charge in [0.1, 0.15) is 22.9 Å². The quantitative estimate of drug-likeness (QED) is 0.145. The summed E-state index contributed by atoms with van der Waals surface area (Å²) in [5.41, 5.74) is 10.4. The van der Waals surface area contributed by atoms with Gasteiger partial charge in [0.25, 0.3) is 0 Å². The van der Waals surface area contributed by atoms with Crippen LogP contribution in [-0.4, -0.2) is 30.7 Å². The number of aryl methyl sites for hydroxylation is 3. The van der Waals surface area contributed by atoms with Crippen LogP contribution in [0.15, 0.2) is 36.4 Å². The second-order valence-corrected chi connectivity index (χ2v) is 11.8. The van der Waals surface area contributed by atoms with Gasteiger partial charge in [0.15, 0.2) is 0 Å². The Kier molecular flexibility index (Phi) is 15.2. The van der Waals surface area contributed by atoms with Gasteiger partial charge in [-0.1, -0.05) is 43.0 Å². The van der Waals surface area contributed by atoms with Crippen molar-refractivity contribution in [3.63, 3.8) is 0 Å². The molecule has 5 nitrogen and oxygen atoms in total. The van der Waals surface area contributed by atoms with Crippen molar-refractivity contribution >= 4 is 34.1 Å². The average Bonchev–Trinajstić information content (AvgIpc) is 3.85. The number of benzene rings is 2. The first kappa shape index (κ1) is 38.3. The Labute approximate surface area is 282 Å². The lowest BCUT2D eigenvalue weighted by atomic mass is 9.92. The van der Waals surface area contributed by atoms with Gasteiger partial charge in [-0.05, 0) is 112 Å². The van der Waals surface area contributed by atoms with Crippen molar-refractivity contribution in [2.75, 3.05) is 20.7 Å². The van der Waals surface area contributed by atoms with E-state index in [0.29, 0.717) is 16.6 Å². The number of ether oxygens (including phenoxy) is 1. The van der Waals surface area contributed by atoms with E-state index < -0.39 is 11.6 Å². The summed E-state index contributed by atoms with van der Waals surface area (Å²) in [7, 11) is 3.58. The predicted octanol–water partition coefficient (Wildman–Crippen LogP) is 8.95. The van der Waals surface area contributed by atoms with Gasteiger partial charge in [-0.15, -0.1) is 12.8 Å². The topological polar surface area (TPSA) is 73.1 Å². The highest BCUT2D eigenvalue weighted by Gasteiger charge is 2.33. The first-order chi connectivity index (χ1) is 22.0. The maximum Gasteiger partial charge on any atom is 0.145 e. The summed E-state index contributed by atoms with van der Waals surface area (Å²) >= 11 is 11.8. The van der Waals surface area contributed by atoms with Crippen molar-refractivity contribution in [3.05, 3.63) is 86.2 Å². The molecule has 1 atom stereocenters. The number of nitrogens with zero attached hydrogens (tertiary/aromatic N) is 2. The number of pyridine rings is 2. The number of methoxy groups -OCH3 is 1. The zero-order chi connectivity index (χ0) is 34.6. The Bertz CT molecular complexity index is 1670. The summed E-state index contributed by atoms with van der Waals surface area (Å²) in [6.07, 6.45) is 16.4. The predicted molar refractivity (Wildman–Crippen MR) is 188 cm³/mol. The molecule has 244 valence electrons. The maximum absolute atomic E-state index is 14.6. The first-order valence-electron chi connectivity index (χ1n) is 14.9. The highest BCUT2D eigenvalue weighted by atomic mass is 35.5. The van der Waals surface area contributed by atoms with Crippen LogP contribution in [0.1, 0.15) is 60.2 Å². The van der Waals surface area contributed by atoms with Crippen LogP contribution in [-0.2, 0) is 6.42 Å². The molecule has 3 N–H and O–H groups in total. The van der Waals surface area contributed by atoms with Crippen molar-refractivity contribution in [1.29, 1.82) is 0 Å². The van der Waals surface area contributed by atoms with Gasteiger partial charge in [-0.25, -0.2) is 13.8 Å². The minimum absolute atomic E-state index is 0.0553. The number of hydrogen-bond donors (Lipinski definition) is 2. The van der Waals surface area contributed by atoms with Crippen LogP contribution in [0.25, 0.3) is 22.2 Å². The number of nitrogens with two attached hydrogens (primary N) is 1. The fourth-order valence-corrected chi connectivity index (χ4v) is 5.66. The molecule has 4 aromatic rings. The smallest absolute Gasteiger partial charge is 0.145 e. The standard InChI is InChI=1S/C21H25ClF2N2.C12H12ClNO.C2H3N.C2H2/c1-4-5-15-12(2)8-19(16(11-25-3)13-6-7-13)26-21(15)20-17(23)9-14(22)10-18(20)24;1-7-4-9-6-10(13)8(2)14-12(9)11(5-7)15-3;1-2-3;1-2/h8-10,13,16,25H,4-7,11H2,1-3H3;4-6H,1-3H3;1H,3H2;1-2H. The van der Waals surface area contributed by atoms with E-state index >= 15 is 0 Å². The maximum atomic E-state index is 14.6. The molecular formula is C37H42Cl2F2N4O. The normalized spacial score (nSPS) is 12.3. The molecule has 1 aliphatic rings. The second kappa shape index (κ2) is 18.3. The third-order valence-electron chi connectivity index (χ3n) is 7.48. The summed E-state index contributed by atoms with van der Waals surface area (Å²) in [5, 5.41) is 4.99. The van der Waals surface area contributed by atoms with Crippen LogP contribution in [0.3, 0.4) is 0 Å². The summed E-state index contributed by atoms with van der Waals surface area (Å²) < 4.78 is 34.5. The van der Waals surface area contributed by atoms with E-state index in [2.05, 4.69) is 54.4 Å². The molecule has 1 saturated carbocycles. The minimum Gasteiger partial charge on any atom is -0.494 e. The second-order valence-electron chi connectivity index (χ2n) is 10.9. The van der Waals surface area contributed by atoms with Crippen LogP contribution >= 0.6 is 23.2 Å². The molecule has 9 heteroatoms.